The molecular weight excluding hydrogens is 336 g/mol. The van der Waals surface area contributed by atoms with Gasteiger partial charge in [-0.1, -0.05) is 0 Å². The molecule has 19 heavy (non-hydrogen) atoms. The molecule has 2 aliphatic rings. The molecule has 0 radical (unpaired) electrons. The van der Waals surface area contributed by atoms with Gasteiger partial charge < -0.3 is 9.47 Å². The van der Waals surface area contributed by atoms with Crippen LogP contribution in [0.25, 0.3) is 0 Å². The highest BCUT2D eigenvalue weighted by atomic mass is 79.9. The zero-order chi connectivity index (χ0) is 13.6. The summed E-state index contributed by atoms with van der Waals surface area (Å²) in [5.41, 5.74) is 0.457. The fourth-order valence-corrected chi connectivity index (χ4v) is 4.64. The van der Waals surface area contributed by atoms with Gasteiger partial charge in [0.2, 0.25) is 6.79 Å². The van der Waals surface area contributed by atoms with E-state index in [1.165, 1.54) is 0 Å². The van der Waals surface area contributed by atoms with Crippen LogP contribution >= 0.6 is 15.9 Å². The van der Waals surface area contributed by atoms with Crippen LogP contribution in [0.4, 0.5) is 0 Å². The highest BCUT2D eigenvalue weighted by Gasteiger charge is 2.34. The van der Waals surface area contributed by atoms with Crippen molar-refractivity contribution in [3.63, 3.8) is 0 Å². The molecule has 1 unspecified atom stereocenters. The van der Waals surface area contributed by atoms with E-state index >= 15 is 0 Å². The van der Waals surface area contributed by atoms with E-state index in [0.29, 0.717) is 28.0 Å². The van der Waals surface area contributed by atoms with Crippen LogP contribution in [0.3, 0.4) is 0 Å². The third-order valence-corrected chi connectivity index (χ3v) is 5.67. The zero-order valence-corrected chi connectivity index (χ0v) is 12.3. The van der Waals surface area contributed by atoms with Crippen molar-refractivity contribution >= 4 is 31.6 Å². The van der Waals surface area contributed by atoms with Gasteiger partial charge in [0.15, 0.2) is 27.1 Å². The van der Waals surface area contributed by atoms with Crippen molar-refractivity contribution < 1.29 is 22.7 Å². The topological polar surface area (TPSA) is 69.7 Å². The van der Waals surface area contributed by atoms with Gasteiger partial charge in [-0.05, 0) is 34.5 Å². The Labute approximate surface area is 118 Å². The lowest BCUT2D eigenvalue weighted by Gasteiger charge is -2.08. The maximum atomic E-state index is 12.3. The summed E-state index contributed by atoms with van der Waals surface area (Å²) in [5.74, 6) is 0.527. The summed E-state index contributed by atoms with van der Waals surface area (Å²) in [5, 5.41) is 0. The Hall–Kier alpha value is -1.08. The Morgan fingerprint density at radius 3 is 2.79 bits per heavy atom. The number of fused-ring (bicyclic) bond motifs is 1. The molecule has 0 saturated carbocycles. The first-order valence-electron chi connectivity index (χ1n) is 5.80. The maximum Gasteiger partial charge on any atom is 0.231 e. The van der Waals surface area contributed by atoms with E-state index in [4.69, 9.17) is 9.47 Å². The quantitative estimate of drug-likeness (QED) is 0.763. The minimum Gasteiger partial charge on any atom is -0.454 e. The molecule has 1 saturated heterocycles. The van der Waals surface area contributed by atoms with E-state index in [1.54, 1.807) is 12.1 Å². The molecule has 0 N–H and O–H groups in total. The van der Waals surface area contributed by atoms with Crippen LogP contribution in [0, 0.1) is 5.92 Å². The Bertz CT molecular complexity index is 652. The standard InChI is InChI=1S/C12H11BrO5S/c13-9-3-8(4-10-12(9)18-6-17-10)11(14)7-1-2-19(15,16)5-7/h3-4,7H,1-2,5-6H2. The first kappa shape index (κ1) is 12.9. The highest BCUT2D eigenvalue weighted by Crippen LogP contribution is 2.40. The summed E-state index contributed by atoms with van der Waals surface area (Å²) < 4.78 is 34.0. The van der Waals surface area contributed by atoms with Gasteiger partial charge in [-0.2, -0.15) is 0 Å². The Morgan fingerprint density at radius 2 is 2.11 bits per heavy atom. The minimum atomic E-state index is -3.06. The summed E-state index contributed by atoms with van der Waals surface area (Å²) >= 11 is 3.32. The third-order valence-electron chi connectivity index (χ3n) is 3.31. The van der Waals surface area contributed by atoms with Gasteiger partial charge in [0.25, 0.3) is 0 Å². The van der Waals surface area contributed by atoms with Gasteiger partial charge in [-0.3, -0.25) is 4.79 Å². The van der Waals surface area contributed by atoms with E-state index in [9.17, 15) is 13.2 Å². The number of Topliss-reactive ketones (excluding diaryl/α,β-unsaturated/α-hetero) is 1. The second kappa shape index (κ2) is 4.49. The van der Waals surface area contributed by atoms with Crippen molar-refractivity contribution in [1.82, 2.24) is 0 Å². The average Bonchev–Trinajstić information content (AvgIpc) is 2.94. The first-order valence-corrected chi connectivity index (χ1v) is 8.41. The molecular formula is C12H11BrO5S. The molecule has 102 valence electrons. The lowest BCUT2D eigenvalue weighted by atomic mass is 9.97. The van der Waals surface area contributed by atoms with Crippen LogP contribution in [-0.2, 0) is 9.84 Å². The first-order chi connectivity index (χ1) is 8.96. The summed E-state index contributed by atoms with van der Waals surface area (Å²) in [4.78, 5) is 12.3. The number of sulfone groups is 1. The fraction of sp³-hybridized carbons (Fsp3) is 0.417. The van der Waals surface area contributed by atoms with E-state index in [0.717, 1.165) is 0 Å². The lowest BCUT2D eigenvalue weighted by Crippen LogP contribution is -2.16. The lowest BCUT2D eigenvalue weighted by molar-refractivity contribution is 0.0933. The predicted molar refractivity (Wildman–Crippen MR) is 71.4 cm³/mol. The molecule has 0 spiro atoms. The van der Waals surface area contributed by atoms with Gasteiger partial charge >= 0.3 is 0 Å². The molecule has 1 fully saturated rings. The smallest absolute Gasteiger partial charge is 0.231 e. The highest BCUT2D eigenvalue weighted by molar-refractivity contribution is 9.10. The van der Waals surface area contributed by atoms with Crippen LogP contribution in [0.2, 0.25) is 0 Å². The summed E-state index contributed by atoms with van der Waals surface area (Å²) in [6, 6.07) is 3.27. The van der Waals surface area contributed by atoms with E-state index in [2.05, 4.69) is 15.9 Å². The molecule has 0 bridgehead atoms. The van der Waals surface area contributed by atoms with Crippen LogP contribution in [-0.4, -0.2) is 32.5 Å². The van der Waals surface area contributed by atoms with Gasteiger partial charge in [0.1, 0.15) is 0 Å². The molecule has 0 aliphatic carbocycles. The third kappa shape index (κ3) is 2.36. The predicted octanol–water partition coefficient (Wildman–Crippen LogP) is 1.80. The van der Waals surface area contributed by atoms with E-state index < -0.39 is 15.8 Å². The van der Waals surface area contributed by atoms with Crippen molar-refractivity contribution in [2.75, 3.05) is 18.3 Å². The van der Waals surface area contributed by atoms with Crippen molar-refractivity contribution in [2.24, 2.45) is 5.92 Å². The van der Waals surface area contributed by atoms with Crippen LogP contribution < -0.4 is 9.47 Å². The summed E-state index contributed by atoms with van der Waals surface area (Å²) in [7, 11) is -3.06. The second-order valence-electron chi connectivity index (χ2n) is 4.66. The fourth-order valence-electron chi connectivity index (χ4n) is 2.35. The van der Waals surface area contributed by atoms with Gasteiger partial charge in [-0.25, -0.2) is 8.42 Å². The summed E-state index contributed by atoms with van der Waals surface area (Å²) in [6.07, 6.45) is 0.396. The Morgan fingerprint density at radius 1 is 1.32 bits per heavy atom. The molecule has 7 heteroatoms. The molecule has 2 heterocycles. The molecule has 1 aromatic rings. The molecule has 5 nitrogen and oxygen atoms in total. The van der Waals surface area contributed by atoms with Gasteiger partial charge in [0.05, 0.1) is 16.0 Å². The molecule has 0 amide bonds. The normalized spacial score (nSPS) is 23.5. The van der Waals surface area contributed by atoms with E-state index in [1.807, 2.05) is 0 Å². The van der Waals surface area contributed by atoms with Crippen molar-refractivity contribution in [3.05, 3.63) is 22.2 Å². The van der Waals surface area contributed by atoms with Crippen molar-refractivity contribution in [2.45, 2.75) is 6.42 Å². The van der Waals surface area contributed by atoms with Crippen LogP contribution in [0.15, 0.2) is 16.6 Å². The number of hydrogen-bond acceptors (Lipinski definition) is 5. The minimum absolute atomic E-state index is 0.0576. The van der Waals surface area contributed by atoms with Gasteiger partial charge in [-0.15, -0.1) is 0 Å². The SMILES string of the molecule is O=C(c1cc(Br)c2c(c1)OCO2)C1CCS(=O)(=O)C1. The maximum absolute atomic E-state index is 12.3. The second-order valence-corrected chi connectivity index (χ2v) is 7.74. The van der Waals surface area contributed by atoms with E-state index in [-0.39, 0.29) is 24.1 Å². The van der Waals surface area contributed by atoms with Crippen molar-refractivity contribution in [3.8, 4) is 11.5 Å². The molecule has 1 aromatic carbocycles. The number of benzene rings is 1. The number of rotatable bonds is 2. The zero-order valence-electron chi connectivity index (χ0n) is 9.89. The van der Waals surface area contributed by atoms with Gasteiger partial charge in [0, 0.05) is 11.5 Å². The molecule has 3 rings (SSSR count). The van der Waals surface area contributed by atoms with Crippen LogP contribution in [0.1, 0.15) is 16.8 Å². The molecule has 0 aromatic heterocycles. The number of carbonyl (C=O) groups is 1. The monoisotopic (exact) mass is 346 g/mol. The molecule has 2 aliphatic heterocycles. The molecule has 1 atom stereocenters. The average molecular weight is 347 g/mol. The number of ether oxygens (including phenoxy) is 2. The summed E-state index contributed by atoms with van der Waals surface area (Å²) in [6.45, 7) is 0.128. The number of ketones is 1. The number of carbonyl (C=O) groups excluding carboxylic acids is 1. The number of halogens is 1. The van der Waals surface area contributed by atoms with Crippen molar-refractivity contribution in [1.29, 1.82) is 0 Å². The Kier molecular flexibility index (Phi) is 3.05. The van der Waals surface area contributed by atoms with Crippen LogP contribution in [0.5, 0.6) is 11.5 Å². The largest absolute Gasteiger partial charge is 0.454 e. The number of hydrogen-bond donors (Lipinski definition) is 0. The Balaban J connectivity index is 1.91.